The second-order valence-electron chi connectivity index (χ2n) is 6.93. The van der Waals surface area contributed by atoms with E-state index in [-0.39, 0.29) is 24.0 Å². The van der Waals surface area contributed by atoms with Crippen molar-refractivity contribution in [2.45, 2.75) is 13.0 Å². The van der Waals surface area contributed by atoms with Gasteiger partial charge in [0.1, 0.15) is 5.75 Å². The topological polar surface area (TPSA) is 75.7 Å². The Balaban J connectivity index is 1.35. The van der Waals surface area contributed by atoms with Gasteiger partial charge in [-0.05, 0) is 35.7 Å². The van der Waals surface area contributed by atoms with Gasteiger partial charge in [-0.3, -0.25) is 14.4 Å². The van der Waals surface area contributed by atoms with Gasteiger partial charge in [-0.15, -0.1) is 11.3 Å². The second kappa shape index (κ2) is 8.81. The molecule has 0 radical (unpaired) electrons. The summed E-state index contributed by atoms with van der Waals surface area (Å²) in [6.07, 6.45) is 0.176. The van der Waals surface area contributed by atoms with Crippen molar-refractivity contribution in [2.75, 3.05) is 18.6 Å². The quantitative estimate of drug-likeness (QED) is 0.568. The number of ether oxygens (including phenoxy) is 1. The minimum atomic E-state index is -0.407. The van der Waals surface area contributed by atoms with Gasteiger partial charge in [0.15, 0.2) is 0 Å². The van der Waals surface area contributed by atoms with Crippen LogP contribution in [0.25, 0.3) is 0 Å². The SMILES string of the molecule is COc1cccc(N2CC(C(=O)NCc3ccc(C(=O)c4ccsc4)s3)CC2=O)c1. The Morgan fingerprint density at radius 2 is 2.10 bits per heavy atom. The summed E-state index contributed by atoms with van der Waals surface area (Å²) in [6, 6.07) is 12.7. The van der Waals surface area contributed by atoms with Crippen LogP contribution in [0, 0.1) is 5.92 Å². The fourth-order valence-electron chi connectivity index (χ4n) is 3.36. The number of hydrogen-bond donors (Lipinski definition) is 1. The van der Waals surface area contributed by atoms with Crippen LogP contribution in [0.2, 0.25) is 0 Å². The highest BCUT2D eigenvalue weighted by atomic mass is 32.1. The molecular formula is C22H20N2O4S2. The minimum Gasteiger partial charge on any atom is -0.497 e. The van der Waals surface area contributed by atoms with Gasteiger partial charge >= 0.3 is 0 Å². The van der Waals surface area contributed by atoms with E-state index in [4.69, 9.17) is 4.74 Å². The van der Waals surface area contributed by atoms with Crippen molar-refractivity contribution >= 4 is 46.0 Å². The molecule has 1 aliphatic rings. The van der Waals surface area contributed by atoms with Gasteiger partial charge in [0.2, 0.25) is 17.6 Å². The largest absolute Gasteiger partial charge is 0.497 e. The molecule has 1 fully saturated rings. The lowest BCUT2D eigenvalue weighted by Crippen LogP contribution is -2.32. The molecule has 0 bridgehead atoms. The standard InChI is InChI=1S/C22H20N2O4S2/c1-28-17-4-2-3-16(10-17)24-12-15(9-20(24)25)22(27)23-11-18-5-6-19(30-18)21(26)14-7-8-29-13-14/h2-8,10,13,15H,9,11-12H2,1H3,(H,23,27). The van der Waals surface area contributed by atoms with Crippen LogP contribution in [0.5, 0.6) is 5.75 Å². The van der Waals surface area contributed by atoms with Crippen molar-refractivity contribution in [3.63, 3.8) is 0 Å². The van der Waals surface area contributed by atoms with Gasteiger partial charge in [-0.25, -0.2) is 0 Å². The fraction of sp³-hybridized carbons (Fsp3) is 0.227. The van der Waals surface area contributed by atoms with Crippen LogP contribution in [0.1, 0.15) is 26.5 Å². The molecule has 6 nitrogen and oxygen atoms in total. The first-order chi connectivity index (χ1) is 14.5. The molecule has 0 spiro atoms. The lowest BCUT2D eigenvalue weighted by atomic mass is 10.1. The molecule has 1 saturated heterocycles. The molecule has 1 N–H and O–H groups in total. The Labute approximate surface area is 182 Å². The van der Waals surface area contributed by atoms with E-state index in [2.05, 4.69) is 5.32 Å². The Kier molecular flexibility index (Phi) is 5.96. The smallest absolute Gasteiger partial charge is 0.227 e. The zero-order valence-electron chi connectivity index (χ0n) is 16.3. The number of methoxy groups -OCH3 is 1. The van der Waals surface area contributed by atoms with Gasteiger partial charge in [-0.2, -0.15) is 11.3 Å². The van der Waals surface area contributed by atoms with Gasteiger partial charge in [0.05, 0.1) is 24.4 Å². The first kappa shape index (κ1) is 20.3. The number of carbonyl (C=O) groups excluding carboxylic acids is 3. The molecule has 1 aromatic carbocycles. The molecule has 1 unspecified atom stereocenters. The van der Waals surface area contributed by atoms with Gasteiger partial charge < -0.3 is 15.0 Å². The van der Waals surface area contributed by atoms with Crippen molar-refractivity contribution in [1.82, 2.24) is 5.32 Å². The van der Waals surface area contributed by atoms with E-state index in [1.807, 2.05) is 35.0 Å². The predicted octanol–water partition coefficient (Wildman–Crippen LogP) is 3.72. The molecule has 1 aliphatic heterocycles. The van der Waals surface area contributed by atoms with Gasteiger partial charge in [0.25, 0.3) is 0 Å². The van der Waals surface area contributed by atoms with Crippen molar-refractivity contribution in [3.05, 3.63) is 68.5 Å². The third-order valence-electron chi connectivity index (χ3n) is 4.97. The summed E-state index contributed by atoms with van der Waals surface area (Å²) in [7, 11) is 1.57. The number of hydrogen-bond acceptors (Lipinski definition) is 6. The summed E-state index contributed by atoms with van der Waals surface area (Å²) < 4.78 is 5.21. The summed E-state index contributed by atoms with van der Waals surface area (Å²) in [5.74, 6) is 0.0134. The number of benzene rings is 1. The molecule has 4 rings (SSSR count). The number of rotatable bonds is 7. The van der Waals surface area contributed by atoms with E-state index >= 15 is 0 Å². The van der Waals surface area contributed by atoms with E-state index in [9.17, 15) is 14.4 Å². The van der Waals surface area contributed by atoms with Crippen molar-refractivity contribution < 1.29 is 19.1 Å². The molecule has 1 atom stereocenters. The molecule has 3 heterocycles. The number of carbonyl (C=O) groups is 3. The monoisotopic (exact) mass is 440 g/mol. The van der Waals surface area contributed by atoms with Crippen LogP contribution >= 0.6 is 22.7 Å². The van der Waals surface area contributed by atoms with Crippen LogP contribution in [0.3, 0.4) is 0 Å². The summed E-state index contributed by atoms with van der Waals surface area (Å²) in [4.78, 5) is 40.6. The zero-order valence-corrected chi connectivity index (χ0v) is 17.9. The van der Waals surface area contributed by atoms with E-state index in [1.165, 1.54) is 22.7 Å². The highest BCUT2D eigenvalue weighted by Crippen LogP contribution is 2.28. The lowest BCUT2D eigenvalue weighted by Gasteiger charge is -2.17. The number of nitrogens with zero attached hydrogens (tertiary/aromatic N) is 1. The molecular weight excluding hydrogens is 420 g/mol. The van der Waals surface area contributed by atoms with Crippen molar-refractivity contribution in [2.24, 2.45) is 5.92 Å². The van der Waals surface area contributed by atoms with E-state index < -0.39 is 5.92 Å². The summed E-state index contributed by atoms with van der Waals surface area (Å²) in [5, 5.41) is 6.60. The van der Waals surface area contributed by atoms with Gasteiger partial charge in [0, 0.05) is 40.5 Å². The normalized spacial score (nSPS) is 16.0. The fourth-order valence-corrected chi connectivity index (χ4v) is 4.91. The second-order valence-corrected chi connectivity index (χ2v) is 8.88. The van der Waals surface area contributed by atoms with Crippen molar-refractivity contribution in [3.8, 4) is 5.75 Å². The molecule has 2 amide bonds. The molecule has 30 heavy (non-hydrogen) atoms. The Morgan fingerprint density at radius 1 is 1.23 bits per heavy atom. The predicted molar refractivity (Wildman–Crippen MR) is 117 cm³/mol. The average Bonchev–Trinajstić information content (AvgIpc) is 3.52. The minimum absolute atomic E-state index is 0.00542. The average molecular weight is 441 g/mol. The molecule has 0 aliphatic carbocycles. The maximum atomic E-state index is 12.6. The number of amides is 2. The highest BCUT2D eigenvalue weighted by Gasteiger charge is 2.35. The van der Waals surface area contributed by atoms with Crippen LogP contribution in [-0.4, -0.2) is 31.3 Å². The number of thiophene rings is 2. The molecule has 8 heteroatoms. The first-order valence-electron chi connectivity index (χ1n) is 9.43. The summed E-state index contributed by atoms with van der Waals surface area (Å²) in [5.41, 5.74) is 1.41. The van der Waals surface area contributed by atoms with E-state index in [0.717, 1.165) is 10.6 Å². The number of nitrogens with one attached hydrogen (secondary N) is 1. The molecule has 154 valence electrons. The lowest BCUT2D eigenvalue weighted by molar-refractivity contribution is -0.126. The van der Waals surface area contributed by atoms with Crippen LogP contribution in [-0.2, 0) is 16.1 Å². The highest BCUT2D eigenvalue weighted by molar-refractivity contribution is 7.14. The summed E-state index contributed by atoms with van der Waals surface area (Å²) in [6.45, 7) is 0.675. The van der Waals surface area contributed by atoms with Crippen molar-refractivity contribution in [1.29, 1.82) is 0 Å². The van der Waals surface area contributed by atoms with Crippen LogP contribution in [0.4, 0.5) is 5.69 Å². The number of ketones is 1. The van der Waals surface area contributed by atoms with Crippen LogP contribution < -0.4 is 15.0 Å². The van der Waals surface area contributed by atoms with E-state index in [1.54, 1.807) is 30.2 Å². The maximum absolute atomic E-state index is 12.6. The summed E-state index contributed by atoms with van der Waals surface area (Å²) >= 11 is 2.86. The maximum Gasteiger partial charge on any atom is 0.227 e. The third kappa shape index (κ3) is 4.29. The molecule has 0 saturated carbocycles. The Bertz CT molecular complexity index is 1070. The molecule has 3 aromatic rings. The van der Waals surface area contributed by atoms with Crippen LogP contribution in [0.15, 0.2) is 53.2 Å². The number of anilines is 1. The first-order valence-corrected chi connectivity index (χ1v) is 11.2. The van der Waals surface area contributed by atoms with Gasteiger partial charge in [-0.1, -0.05) is 6.07 Å². The third-order valence-corrected chi connectivity index (χ3v) is 6.73. The van der Waals surface area contributed by atoms with E-state index in [0.29, 0.717) is 29.3 Å². The molecule has 2 aromatic heterocycles. The Hall–Kier alpha value is -2.97. The Morgan fingerprint density at radius 3 is 2.87 bits per heavy atom. The zero-order chi connectivity index (χ0) is 21.1.